The first-order valence-corrected chi connectivity index (χ1v) is 10.3. The first-order valence-electron chi connectivity index (χ1n) is 10.3. The third-order valence-electron chi connectivity index (χ3n) is 5.46. The van der Waals surface area contributed by atoms with Crippen LogP contribution in [0.5, 0.6) is 11.5 Å². The smallest absolute Gasteiger partial charge is 0.122 e. The van der Waals surface area contributed by atoms with Gasteiger partial charge < -0.3 is 10.2 Å². The predicted molar refractivity (Wildman–Crippen MR) is 117 cm³/mol. The zero-order valence-electron chi connectivity index (χ0n) is 18.3. The molecule has 2 aromatic rings. The number of phenolic OH excluding ortho intramolecular Hbond substituents is 2. The first kappa shape index (κ1) is 22.3. The molecular weight excluding hydrogens is 348 g/mol. The largest absolute Gasteiger partial charge is 0.507 e. The fourth-order valence-corrected chi connectivity index (χ4v) is 3.80. The second-order valence-corrected chi connectivity index (χ2v) is 7.92. The third kappa shape index (κ3) is 5.73. The van der Waals surface area contributed by atoms with Crippen LogP contribution in [0.3, 0.4) is 0 Å². The summed E-state index contributed by atoms with van der Waals surface area (Å²) in [5, 5.41) is 20.8. The van der Waals surface area contributed by atoms with E-state index in [1.54, 1.807) is 0 Å². The number of aryl methyl sites for hydroxylation is 4. The molecule has 0 spiro atoms. The minimum atomic E-state index is 0.413. The standard InChI is InChI=1S/C24H36N2O2/c1-7-25(15-21-13-17(3)11-19(5)23(21)27)9-10-26(8-2)16-22-14-18(4)12-20(6)24(22)28/h11-14,27-28H,7-10,15-16H2,1-6H3. The number of phenols is 2. The van der Waals surface area contributed by atoms with Crippen LogP contribution in [0.25, 0.3) is 0 Å². The van der Waals surface area contributed by atoms with E-state index in [0.717, 1.165) is 61.5 Å². The van der Waals surface area contributed by atoms with Gasteiger partial charge in [0.05, 0.1) is 0 Å². The fraction of sp³-hybridized carbons (Fsp3) is 0.500. The van der Waals surface area contributed by atoms with Gasteiger partial charge in [0.15, 0.2) is 0 Å². The number of hydrogen-bond donors (Lipinski definition) is 2. The van der Waals surface area contributed by atoms with Gasteiger partial charge in [0.1, 0.15) is 11.5 Å². The Hall–Kier alpha value is -2.04. The summed E-state index contributed by atoms with van der Waals surface area (Å²) < 4.78 is 0. The number of aromatic hydroxyl groups is 2. The molecular formula is C24H36N2O2. The average Bonchev–Trinajstić information content (AvgIpc) is 2.64. The SMILES string of the molecule is CCN(CCN(CC)Cc1cc(C)cc(C)c1O)Cc1cc(C)cc(C)c1O. The van der Waals surface area contributed by atoms with Crippen molar-refractivity contribution in [3.05, 3.63) is 57.6 Å². The highest BCUT2D eigenvalue weighted by Gasteiger charge is 2.14. The van der Waals surface area contributed by atoms with Crippen molar-refractivity contribution < 1.29 is 10.2 Å². The summed E-state index contributed by atoms with van der Waals surface area (Å²) in [6.07, 6.45) is 0. The molecule has 2 aromatic carbocycles. The van der Waals surface area contributed by atoms with E-state index in [1.807, 2.05) is 26.0 Å². The molecule has 0 bridgehead atoms. The molecule has 0 aliphatic carbocycles. The molecule has 4 heteroatoms. The zero-order chi connectivity index (χ0) is 20.8. The van der Waals surface area contributed by atoms with Crippen LogP contribution in [-0.2, 0) is 13.1 Å². The maximum atomic E-state index is 10.4. The van der Waals surface area contributed by atoms with Crippen molar-refractivity contribution in [3.63, 3.8) is 0 Å². The molecule has 28 heavy (non-hydrogen) atoms. The molecule has 0 aliphatic rings. The molecule has 0 saturated carbocycles. The molecule has 2 N–H and O–H groups in total. The van der Waals surface area contributed by atoms with Crippen LogP contribution in [0.1, 0.15) is 47.2 Å². The van der Waals surface area contributed by atoms with Crippen LogP contribution in [0.15, 0.2) is 24.3 Å². The number of likely N-dealkylation sites (N-methyl/N-ethyl adjacent to an activating group) is 2. The Balaban J connectivity index is 2.03. The molecule has 0 unspecified atom stereocenters. The van der Waals surface area contributed by atoms with Crippen LogP contribution < -0.4 is 0 Å². The van der Waals surface area contributed by atoms with Crippen LogP contribution in [0.4, 0.5) is 0 Å². The quantitative estimate of drug-likeness (QED) is 0.659. The molecule has 0 heterocycles. The lowest BCUT2D eigenvalue weighted by Crippen LogP contribution is -2.34. The van der Waals surface area contributed by atoms with Crippen molar-refractivity contribution in [2.24, 2.45) is 0 Å². The Morgan fingerprint density at radius 1 is 0.643 bits per heavy atom. The van der Waals surface area contributed by atoms with Crippen molar-refractivity contribution in [2.45, 2.75) is 54.6 Å². The van der Waals surface area contributed by atoms with Crippen LogP contribution in [0.2, 0.25) is 0 Å². The average molecular weight is 385 g/mol. The van der Waals surface area contributed by atoms with Crippen LogP contribution in [0, 0.1) is 27.7 Å². The lowest BCUT2D eigenvalue weighted by molar-refractivity contribution is 0.202. The Bertz CT molecular complexity index is 734. The number of nitrogens with zero attached hydrogens (tertiary/aromatic N) is 2. The fourth-order valence-electron chi connectivity index (χ4n) is 3.80. The molecule has 4 nitrogen and oxygen atoms in total. The van der Waals surface area contributed by atoms with Gasteiger partial charge in [-0.1, -0.05) is 49.2 Å². The van der Waals surface area contributed by atoms with Crippen LogP contribution in [-0.4, -0.2) is 46.2 Å². The highest BCUT2D eigenvalue weighted by atomic mass is 16.3. The Morgan fingerprint density at radius 3 is 1.32 bits per heavy atom. The number of hydrogen-bond acceptors (Lipinski definition) is 4. The second-order valence-electron chi connectivity index (χ2n) is 7.92. The van der Waals surface area contributed by atoms with E-state index < -0.39 is 0 Å². The summed E-state index contributed by atoms with van der Waals surface area (Å²) >= 11 is 0. The normalized spacial score (nSPS) is 11.6. The van der Waals surface area contributed by atoms with Gasteiger partial charge in [0, 0.05) is 37.3 Å². The summed E-state index contributed by atoms with van der Waals surface area (Å²) in [6, 6.07) is 8.20. The molecule has 0 fully saturated rings. The Labute approximate surface area is 170 Å². The van der Waals surface area contributed by atoms with E-state index in [0.29, 0.717) is 11.5 Å². The van der Waals surface area contributed by atoms with Crippen LogP contribution >= 0.6 is 0 Å². The van der Waals surface area contributed by atoms with Gasteiger partial charge in [-0.2, -0.15) is 0 Å². The molecule has 0 atom stereocenters. The van der Waals surface area contributed by atoms with Gasteiger partial charge in [0.2, 0.25) is 0 Å². The topological polar surface area (TPSA) is 46.9 Å². The van der Waals surface area contributed by atoms with E-state index >= 15 is 0 Å². The first-order chi connectivity index (χ1) is 13.2. The van der Waals surface area contributed by atoms with Crippen molar-refractivity contribution in [1.29, 1.82) is 0 Å². The Morgan fingerprint density at radius 2 is 1.00 bits per heavy atom. The maximum absolute atomic E-state index is 10.4. The highest BCUT2D eigenvalue weighted by molar-refractivity contribution is 5.43. The molecule has 0 saturated heterocycles. The lowest BCUT2D eigenvalue weighted by Gasteiger charge is -2.27. The predicted octanol–water partition coefficient (Wildman–Crippen LogP) is 4.68. The van der Waals surface area contributed by atoms with Gasteiger partial charge in [-0.3, -0.25) is 9.80 Å². The summed E-state index contributed by atoms with van der Waals surface area (Å²) in [6.45, 7) is 17.6. The van der Waals surface area contributed by atoms with Gasteiger partial charge in [-0.05, 0) is 51.9 Å². The highest BCUT2D eigenvalue weighted by Crippen LogP contribution is 2.26. The number of rotatable bonds is 9. The molecule has 0 radical (unpaired) electrons. The third-order valence-corrected chi connectivity index (χ3v) is 5.46. The minimum Gasteiger partial charge on any atom is -0.507 e. The summed E-state index contributed by atoms with van der Waals surface area (Å²) in [4.78, 5) is 4.72. The molecule has 0 aliphatic heterocycles. The maximum Gasteiger partial charge on any atom is 0.122 e. The van der Waals surface area contributed by atoms with E-state index in [-0.39, 0.29) is 0 Å². The van der Waals surface area contributed by atoms with Gasteiger partial charge in [-0.15, -0.1) is 0 Å². The minimum absolute atomic E-state index is 0.413. The molecule has 0 aromatic heterocycles. The second kappa shape index (κ2) is 9.94. The van der Waals surface area contributed by atoms with Gasteiger partial charge >= 0.3 is 0 Å². The number of benzene rings is 2. The monoisotopic (exact) mass is 384 g/mol. The zero-order valence-corrected chi connectivity index (χ0v) is 18.3. The van der Waals surface area contributed by atoms with E-state index in [4.69, 9.17) is 0 Å². The lowest BCUT2D eigenvalue weighted by atomic mass is 10.0. The van der Waals surface area contributed by atoms with E-state index in [1.165, 1.54) is 11.1 Å². The molecule has 2 rings (SSSR count). The van der Waals surface area contributed by atoms with Crippen molar-refractivity contribution in [3.8, 4) is 11.5 Å². The van der Waals surface area contributed by atoms with Crippen molar-refractivity contribution >= 4 is 0 Å². The van der Waals surface area contributed by atoms with Gasteiger partial charge in [0.25, 0.3) is 0 Å². The van der Waals surface area contributed by atoms with E-state index in [9.17, 15) is 10.2 Å². The summed E-state index contributed by atoms with van der Waals surface area (Å²) in [5.41, 5.74) is 6.23. The molecule has 0 amide bonds. The summed E-state index contributed by atoms with van der Waals surface area (Å²) in [5.74, 6) is 0.827. The van der Waals surface area contributed by atoms with Crippen molar-refractivity contribution in [2.75, 3.05) is 26.2 Å². The van der Waals surface area contributed by atoms with E-state index in [2.05, 4.69) is 49.6 Å². The molecule has 154 valence electrons. The van der Waals surface area contributed by atoms with Crippen molar-refractivity contribution in [1.82, 2.24) is 9.80 Å². The Kier molecular flexibility index (Phi) is 7.90. The summed E-state index contributed by atoms with van der Waals surface area (Å²) in [7, 11) is 0. The van der Waals surface area contributed by atoms with Gasteiger partial charge in [-0.25, -0.2) is 0 Å².